The molecule has 0 aliphatic heterocycles. The van der Waals surface area contributed by atoms with E-state index in [1.165, 1.54) is 11.1 Å². The predicted octanol–water partition coefficient (Wildman–Crippen LogP) is 4.50. The van der Waals surface area contributed by atoms with E-state index in [0.717, 1.165) is 12.2 Å². The third-order valence-electron chi connectivity index (χ3n) is 4.07. The van der Waals surface area contributed by atoms with E-state index < -0.39 is 0 Å². The van der Waals surface area contributed by atoms with Crippen LogP contribution in [0.25, 0.3) is 0 Å². The Bertz CT molecular complexity index is 626. The first-order chi connectivity index (χ1) is 10.8. The van der Waals surface area contributed by atoms with E-state index in [9.17, 15) is 4.79 Å². The molecule has 0 saturated carbocycles. The molecule has 124 valence electrons. The van der Waals surface area contributed by atoms with E-state index in [1.807, 2.05) is 26.1 Å². The molecule has 0 radical (unpaired) electrons. The molecule has 2 aromatic rings. The van der Waals surface area contributed by atoms with Crippen molar-refractivity contribution in [3.05, 3.63) is 52.2 Å². The van der Waals surface area contributed by atoms with Crippen LogP contribution in [0.3, 0.4) is 0 Å². The van der Waals surface area contributed by atoms with E-state index in [1.54, 1.807) is 11.3 Å². The average Bonchev–Trinajstić information content (AvgIpc) is 2.98. The van der Waals surface area contributed by atoms with E-state index in [4.69, 9.17) is 0 Å². The van der Waals surface area contributed by atoms with Gasteiger partial charge in [-0.3, -0.25) is 9.69 Å². The van der Waals surface area contributed by atoms with Gasteiger partial charge in [-0.05, 0) is 59.5 Å². The summed E-state index contributed by atoms with van der Waals surface area (Å²) in [6.45, 7) is 9.26. The molecule has 1 aromatic heterocycles. The first-order valence-electron chi connectivity index (χ1n) is 7.90. The van der Waals surface area contributed by atoms with Gasteiger partial charge in [0.15, 0.2) is 0 Å². The molecular weight excluding hydrogens is 304 g/mol. The normalized spacial score (nSPS) is 13.1. The van der Waals surface area contributed by atoms with Crippen LogP contribution in [0, 0.1) is 0 Å². The molecular formula is C19H26N2OS. The molecule has 1 N–H and O–H groups in total. The minimum atomic E-state index is -0.183. The number of likely N-dealkylation sites (N-methyl/N-ethyl adjacent to an activating group) is 1. The van der Waals surface area contributed by atoms with Gasteiger partial charge in [0.2, 0.25) is 5.91 Å². The number of benzene rings is 1. The van der Waals surface area contributed by atoms with Crippen LogP contribution >= 0.6 is 11.3 Å². The number of amides is 1. The van der Waals surface area contributed by atoms with Crippen LogP contribution in [0.5, 0.6) is 0 Å². The Kier molecular flexibility index (Phi) is 5.60. The fourth-order valence-electron chi connectivity index (χ4n) is 2.31. The minimum absolute atomic E-state index is 0.0197. The lowest BCUT2D eigenvalue weighted by molar-refractivity contribution is -0.120. The first-order valence-corrected chi connectivity index (χ1v) is 8.84. The van der Waals surface area contributed by atoms with Crippen molar-refractivity contribution in [3.8, 4) is 0 Å². The van der Waals surface area contributed by atoms with Crippen LogP contribution in [0.1, 0.15) is 38.8 Å². The number of hydrogen-bond acceptors (Lipinski definition) is 3. The topological polar surface area (TPSA) is 32.3 Å². The molecule has 1 amide bonds. The molecule has 23 heavy (non-hydrogen) atoms. The Hall–Kier alpha value is -1.65. The van der Waals surface area contributed by atoms with Crippen molar-refractivity contribution in [1.29, 1.82) is 0 Å². The zero-order chi connectivity index (χ0) is 17.0. The molecule has 1 aromatic carbocycles. The Morgan fingerprint density at radius 1 is 1.22 bits per heavy atom. The highest BCUT2D eigenvalue weighted by Crippen LogP contribution is 2.23. The second-order valence-electron chi connectivity index (χ2n) is 7.04. The standard InChI is InChI=1S/C19H26N2OS/c1-14(21(5)12-15-10-11-23-13-15)18(22)20-17-8-6-16(7-9-17)19(2,3)4/h6-11,13-14H,12H2,1-5H3,(H,20,22)/t14-/m1/s1. The van der Waals surface area contributed by atoms with Gasteiger partial charge in [0, 0.05) is 12.2 Å². The van der Waals surface area contributed by atoms with E-state index in [0.29, 0.717) is 0 Å². The number of thiophene rings is 1. The maximum atomic E-state index is 12.4. The number of hydrogen-bond donors (Lipinski definition) is 1. The van der Waals surface area contributed by atoms with Gasteiger partial charge in [-0.25, -0.2) is 0 Å². The quantitative estimate of drug-likeness (QED) is 0.875. The SMILES string of the molecule is C[C@H](C(=O)Nc1ccc(C(C)(C)C)cc1)N(C)Cc1ccsc1. The highest BCUT2D eigenvalue weighted by molar-refractivity contribution is 7.07. The molecule has 0 spiro atoms. The molecule has 1 heterocycles. The van der Waals surface area contributed by atoms with Gasteiger partial charge in [0.25, 0.3) is 0 Å². The highest BCUT2D eigenvalue weighted by Gasteiger charge is 2.19. The monoisotopic (exact) mass is 330 g/mol. The molecule has 0 fully saturated rings. The maximum Gasteiger partial charge on any atom is 0.241 e. The lowest BCUT2D eigenvalue weighted by Gasteiger charge is -2.24. The number of carbonyl (C=O) groups is 1. The second-order valence-corrected chi connectivity index (χ2v) is 7.82. The van der Waals surface area contributed by atoms with Crippen molar-refractivity contribution in [1.82, 2.24) is 4.90 Å². The molecule has 2 rings (SSSR count). The Balaban J connectivity index is 1.95. The summed E-state index contributed by atoms with van der Waals surface area (Å²) in [4.78, 5) is 14.5. The van der Waals surface area contributed by atoms with Gasteiger partial charge >= 0.3 is 0 Å². The third kappa shape index (κ3) is 4.91. The smallest absolute Gasteiger partial charge is 0.241 e. The van der Waals surface area contributed by atoms with Crippen molar-refractivity contribution >= 4 is 22.9 Å². The van der Waals surface area contributed by atoms with Gasteiger partial charge in [0.05, 0.1) is 6.04 Å². The number of nitrogens with zero attached hydrogens (tertiary/aromatic N) is 1. The largest absolute Gasteiger partial charge is 0.325 e. The molecule has 0 bridgehead atoms. The molecule has 1 atom stereocenters. The van der Waals surface area contributed by atoms with Crippen LogP contribution in [-0.2, 0) is 16.8 Å². The number of carbonyl (C=O) groups excluding carboxylic acids is 1. The maximum absolute atomic E-state index is 12.4. The molecule has 0 aliphatic rings. The zero-order valence-corrected chi connectivity index (χ0v) is 15.4. The molecule has 0 aliphatic carbocycles. The summed E-state index contributed by atoms with van der Waals surface area (Å²) in [5, 5.41) is 7.18. The third-order valence-corrected chi connectivity index (χ3v) is 4.80. The van der Waals surface area contributed by atoms with Crippen molar-refractivity contribution in [2.24, 2.45) is 0 Å². The fourth-order valence-corrected chi connectivity index (χ4v) is 2.97. The van der Waals surface area contributed by atoms with Crippen LogP contribution in [-0.4, -0.2) is 23.9 Å². The number of rotatable bonds is 5. The summed E-state index contributed by atoms with van der Waals surface area (Å²) in [6.07, 6.45) is 0. The van der Waals surface area contributed by atoms with Crippen molar-refractivity contribution in [3.63, 3.8) is 0 Å². The fraction of sp³-hybridized carbons (Fsp3) is 0.421. The Morgan fingerprint density at radius 3 is 2.39 bits per heavy atom. The molecule has 4 heteroatoms. The molecule has 3 nitrogen and oxygen atoms in total. The second kappa shape index (κ2) is 7.28. The Labute approximate surface area is 143 Å². The van der Waals surface area contributed by atoms with E-state index in [-0.39, 0.29) is 17.4 Å². The molecule has 0 saturated heterocycles. The number of nitrogens with one attached hydrogen (secondary N) is 1. The number of anilines is 1. The Morgan fingerprint density at radius 2 is 1.87 bits per heavy atom. The van der Waals surface area contributed by atoms with Gasteiger partial charge in [-0.1, -0.05) is 32.9 Å². The van der Waals surface area contributed by atoms with Gasteiger partial charge in [-0.2, -0.15) is 11.3 Å². The van der Waals surface area contributed by atoms with Gasteiger partial charge in [-0.15, -0.1) is 0 Å². The lowest BCUT2D eigenvalue weighted by atomic mass is 9.87. The molecule has 0 unspecified atom stereocenters. The van der Waals surface area contributed by atoms with Crippen LogP contribution < -0.4 is 5.32 Å². The van der Waals surface area contributed by atoms with Gasteiger partial charge in [0.1, 0.15) is 0 Å². The van der Waals surface area contributed by atoms with Crippen LogP contribution in [0.2, 0.25) is 0 Å². The minimum Gasteiger partial charge on any atom is -0.325 e. The average molecular weight is 330 g/mol. The van der Waals surface area contributed by atoms with Crippen molar-refractivity contribution in [2.45, 2.75) is 45.7 Å². The van der Waals surface area contributed by atoms with E-state index in [2.05, 4.69) is 59.9 Å². The summed E-state index contributed by atoms with van der Waals surface area (Å²) >= 11 is 1.68. The summed E-state index contributed by atoms with van der Waals surface area (Å²) in [5.41, 5.74) is 3.47. The highest BCUT2D eigenvalue weighted by atomic mass is 32.1. The van der Waals surface area contributed by atoms with Crippen LogP contribution in [0.4, 0.5) is 5.69 Å². The summed E-state index contributed by atoms with van der Waals surface area (Å²) < 4.78 is 0. The zero-order valence-electron chi connectivity index (χ0n) is 14.6. The van der Waals surface area contributed by atoms with Crippen molar-refractivity contribution in [2.75, 3.05) is 12.4 Å². The van der Waals surface area contributed by atoms with Crippen molar-refractivity contribution < 1.29 is 4.79 Å². The lowest BCUT2D eigenvalue weighted by Crippen LogP contribution is -2.39. The summed E-state index contributed by atoms with van der Waals surface area (Å²) in [5.74, 6) is 0.0197. The summed E-state index contributed by atoms with van der Waals surface area (Å²) in [7, 11) is 1.98. The van der Waals surface area contributed by atoms with E-state index >= 15 is 0 Å². The van der Waals surface area contributed by atoms with Crippen LogP contribution in [0.15, 0.2) is 41.1 Å². The predicted molar refractivity (Wildman–Crippen MR) is 99.0 cm³/mol. The first kappa shape index (κ1) is 17.7. The van der Waals surface area contributed by atoms with Gasteiger partial charge < -0.3 is 5.32 Å². The summed E-state index contributed by atoms with van der Waals surface area (Å²) in [6, 6.07) is 10.0.